The van der Waals surface area contributed by atoms with E-state index < -0.39 is 0 Å². The third-order valence-electron chi connectivity index (χ3n) is 3.62. The van der Waals surface area contributed by atoms with Gasteiger partial charge in [-0.15, -0.1) is 0 Å². The summed E-state index contributed by atoms with van der Waals surface area (Å²) < 4.78 is 5.36. The molecule has 24 heavy (non-hydrogen) atoms. The van der Waals surface area contributed by atoms with Gasteiger partial charge in [-0.2, -0.15) is 4.98 Å². The minimum Gasteiger partial charge on any atom is -0.496 e. The Morgan fingerprint density at radius 3 is 2.58 bits per heavy atom. The zero-order valence-corrected chi connectivity index (χ0v) is 13.8. The van der Waals surface area contributed by atoms with Crippen molar-refractivity contribution in [3.63, 3.8) is 0 Å². The highest BCUT2D eigenvalue weighted by Crippen LogP contribution is 2.19. The standard InChI is InChI=1S/C19H20N4O/c1-14-7-9-16(10-8-14)22-19-20-12-11-18(23-19)21-13-15-5-3-4-6-17(15)24-2/h3-12H,13H2,1-2H3,(H2,20,21,22,23). The Morgan fingerprint density at radius 2 is 1.79 bits per heavy atom. The Labute approximate surface area is 141 Å². The van der Waals surface area contributed by atoms with E-state index in [9.17, 15) is 0 Å². The number of rotatable bonds is 6. The van der Waals surface area contributed by atoms with E-state index in [1.165, 1.54) is 5.56 Å². The molecule has 2 N–H and O–H groups in total. The molecular formula is C19H20N4O. The van der Waals surface area contributed by atoms with Gasteiger partial charge in [-0.05, 0) is 31.2 Å². The fraction of sp³-hybridized carbons (Fsp3) is 0.158. The third kappa shape index (κ3) is 4.01. The van der Waals surface area contributed by atoms with Crippen LogP contribution in [-0.4, -0.2) is 17.1 Å². The van der Waals surface area contributed by atoms with Gasteiger partial charge in [0.2, 0.25) is 5.95 Å². The highest BCUT2D eigenvalue weighted by Gasteiger charge is 2.03. The van der Waals surface area contributed by atoms with Crippen molar-refractivity contribution in [1.29, 1.82) is 0 Å². The maximum absolute atomic E-state index is 5.36. The van der Waals surface area contributed by atoms with Gasteiger partial charge in [0.15, 0.2) is 0 Å². The van der Waals surface area contributed by atoms with E-state index in [0.29, 0.717) is 12.5 Å². The smallest absolute Gasteiger partial charge is 0.229 e. The second-order valence-electron chi connectivity index (χ2n) is 5.42. The molecular weight excluding hydrogens is 300 g/mol. The number of ether oxygens (including phenoxy) is 1. The summed E-state index contributed by atoms with van der Waals surface area (Å²) in [4.78, 5) is 8.75. The van der Waals surface area contributed by atoms with E-state index in [0.717, 1.165) is 22.8 Å². The summed E-state index contributed by atoms with van der Waals surface area (Å²) in [5.41, 5.74) is 3.25. The Hall–Kier alpha value is -3.08. The molecule has 3 aromatic rings. The molecule has 0 aliphatic heterocycles. The van der Waals surface area contributed by atoms with Crippen LogP contribution in [0.3, 0.4) is 0 Å². The third-order valence-corrected chi connectivity index (χ3v) is 3.62. The Balaban J connectivity index is 1.68. The molecule has 5 nitrogen and oxygen atoms in total. The molecule has 0 unspecified atom stereocenters. The van der Waals surface area contributed by atoms with E-state index in [1.807, 2.05) is 54.6 Å². The van der Waals surface area contributed by atoms with E-state index in [-0.39, 0.29) is 0 Å². The molecule has 0 amide bonds. The summed E-state index contributed by atoms with van der Waals surface area (Å²) in [6.45, 7) is 2.69. The van der Waals surface area contributed by atoms with Crippen molar-refractivity contribution in [3.05, 3.63) is 71.9 Å². The maximum atomic E-state index is 5.36. The zero-order valence-electron chi connectivity index (χ0n) is 13.8. The van der Waals surface area contributed by atoms with Crippen LogP contribution < -0.4 is 15.4 Å². The molecule has 0 bridgehead atoms. The first-order chi connectivity index (χ1) is 11.7. The SMILES string of the molecule is COc1ccccc1CNc1ccnc(Nc2ccc(C)cc2)n1. The Morgan fingerprint density at radius 1 is 1.00 bits per heavy atom. The maximum Gasteiger partial charge on any atom is 0.229 e. The molecule has 0 radical (unpaired) electrons. The van der Waals surface area contributed by atoms with Crippen LogP contribution in [0, 0.1) is 6.92 Å². The quantitative estimate of drug-likeness (QED) is 0.714. The van der Waals surface area contributed by atoms with Crippen LogP contribution in [0.2, 0.25) is 0 Å². The molecule has 0 aliphatic carbocycles. The van der Waals surface area contributed by atoms with Gasteiger partial charge in [-0.1, -0.05) is 35.9 Å². The predicted molar refractivity (Wildman–Crippen MR) is 96.8 cm³/mol. The summed E-state index contributed by atoms with van der Waals surface area (Å²) in [7, 11) is 1.67. The predicted octanol–water partition coefficient (Wildman–Crippen LogP) is 4.15. The molecule has 0 spiro atoms. The Bertz CT molecular complexity index is 802. The monoisotopic (exact) mass is 320 g/mol. The van der Waals surface area contributed by atoms with Crippen LogP contribution in [0.25, 0.3) is 0 Å². The minimum absolute atomic E-state index is 0.559. The van der Waals surface area contributed by atoms with Crippen LogP contribution in [0.1, 0.15) is 11.1 Å². The molecule has 0 saturated heterocycles. The van der Waals surface area contributed by atoms with Crippen molar-refractivity contribution in [2.75, 3.05) is 17.7 Å². The number of aryl methyl sites for hydroxylation is 1. The summed E-state index contributed by atoms with van der Waals surface area (Å²) in [5.74, 6) is 2.17. The fourth-order valence-electron chi connectivity index (χ4n) is 2.32. The Kier molecular flexibility index (Phi) is 4.91. The van der Waals surface area contributed by atoms with E-state index >= 15 is 0 Å². The van der Waals surface area contributed by atoms with Gasteiger partial charge < -0.3 is 15.4 Å². The lowest BCUT2D eigenvalue weighted by atomic mass is 10.2. The van der Waals surface area contributed by atoms with Crippen molar-refractivity contribution < 1.29 is 4.74 Å². The van der Waals surface area contributed by atoms with E-state index in [2.05, 4.69) is 27.5 Å². The first kappa shape index (κ1) is 15.8. The number of nitrogens with one attached hydrogen (secondary N) is 2. The number of hydrogen-bond acceptors (Lipinski definition) is 5. The van der Waals surface area contributed by atoms with Crippen molar-refractivity contribution >= 4 is 17.5 Å². The number of methoxy groups -OCH3 is 1. The number of benzene rings is 2. The highest BCUT2D eigenvalue weighted by molar-refractivity contribution is 5.55. The van der Waals surface area contributed by atoms with Crippen LogP contribution in [0.15, 0.2) is 60.8 Å². The zero-order chi connectivity index (χ0) is 16.8. The van der Waals surface area contributed by atoms with Gasteiger partial charge in [0, 0.05) is 24.0 Å². The first-order valence-corrected chi connectivity index (χ1v) is 7.77. The number of para-hydroxylation sites is 1. The van der Waals surface area contributed by atoms with Gasteiger partial charge in [0.25, 0.3) is 0 Å². The average molecular weight is 320 g/mol. The molecule has 3 rings (SSSR count). The lowest BCUT2D eigenvalue weighted by Gasteiger charge is -2.11. The highest BCUT2D eigenvalue weighted by atomic mass is 16.5. The second-order valence-corrected chi connectivity index (χ2v) is 5.42. The molecule has 0 aliphatic rings. The number of aromatic nitrogens is 2. The van der Waals surface area contributed by atoms with Crippen molar-refractivity contribution in [1.82, 2.24) is 9.97 Å². The lowest BCUT2D eigenvalue weighted by Crippen LogP contribution is -2.05. The van der Waals surface area contributed by atoms with E-state index in [1.54, 1.807) is 13.3 Å². The molecule has 0 saturated carbocycles. The van der Waals surface area contributed by atoms with Gasteiger partial charge in [0.05, 0.1) is 7.11 Å². The van der Waals surface area contributed by atoms with Crippen molar-refractivity contribution in [2.24, 2.45) is 0 Å². The van der Waals surface area contributed by atoms with Crippen LogP contribution in [0.5, 0.6) is 5.75 Å². The summed E-state index contributed by atoms with van der Waals surface area (Å²) in [5, 5.41) is 6.51. The second kappa shape index (κ2) is 7.46. The van der Waals surface area contributed by atoms with Crippen molar-refractivity contribution in [2.45, 2.75) is 13.5 Å². The van der Waals surface area contributed by atoms with Gasteiger partial charge >= 0.3 is 0 Å². The number of hydrogen-bond donors (Lipinski definition) is 2. The molecule has 0 fully saturated rings. The largest absolute Gasteiger partial charge is 0.496 e. The van der Waals surface area contributed by atoms with Crippen LogP contribution in [-0.2, 0) is 6.54 Å². The number of anilines is 3. The summed E-state index contributed by atoms with van der Waals surface area (Å²) >= 11 is 0. The van der Waals surface area contributed by atoms with Gasteiger partial charge in [-0.25, -0.2) is 4.98 Å². The molecule has 122 valence electrons. The summed E-state index contributed by atoms with van der Waals surface area (Å²) in [6.07, 6.45) is 1.73. The number of nitrogens with zero attached hydrogens (tertiary/aromatic N) is 2. The van der Waals surface area contributed by atoms with Crippen LogP contribution >= 0.6 is 0 Å². The van der Waals surface area contributed by atoms with Crippen LogP contribution in [0.4, 0.5) is 17.5 Å². The van der Waals surface area contributed by atoms with Gasteiger partial charge in [0.1, 0.15) is 11.6 Å². The average Bonchev–Trinajstić information content (AvgIpc) is 2.62. The lowest BCUT2D eigenvalue weighted by molar-refractivity contribution is 0.410. The molecule has 2 aromatic carbocycles. The van der Waals surface area contributed by atoms with E-state index in [4.69, 9.17) is 4.74 Å². The molecule has 1 heterocycles. The molecule has 1 aromatic heterocycles. The van der Waals surface area contributed by atoms with Crippen molar-refractivity contribution in [3.8, 4) is 5.75 Å². The first-order valence-electron chi connectivity index (χ1n) is 7.77. The molecule has 0 atom stereocenters. The molecule has 5 heteroatoms. The normalized spacial score (nSPS) is 10.2. The summed E-state index contributed by atoms with van der Waals surface area (Å²) in [6, 6.07) is 17.9. The minimum atomic E-state index is 0.559. The fourth-order valence-corrected chi connectivity index (χ4v) is 2.32. The topological polar surface area (TPSA) is 59.1 Å². The van der Waals surface area contributed by atoms with Gasteiger partial charge in [-0.3, -0.25) is 0 Å².